The lowest BCUT2D eigenvalue weighted by Crippen LogP contribution is -2.27. The highest BCUT2D eigenvalue weighted by Gasteiger charge is 2.25. The molecule has 0 aliphatic rings. The van der Waals surface area contributed by atoms with Gasteiger partial charge in [-0.05, 0) is 19.1 Å². The number of aromatic nitrogens is 2. The Morgan fingerprint density at radius 2 is 2.39 bits per heavy atom. The summed E-state index contributed by atoms with van der Waals surface area (Å²) in [6.45, 7) is 1.49. The maximum atomic E-state index is 12.8. The van der Waals surface area contributed by atoms with Crippen LogP contribution in [0.25, 0.3) is 0 Å². The van der Waals surface area contributed by atoms with Crippen LogP contribution in [0, 0.1) is 15.2 Å². The summed E-state index contributed by atoms with van der Waals surface area (Å²) in [5.41, 5.74) is 1.91. The number of nitrogens with zero attached hydrogens (tertiary/aromatic N) is 4. The summed E-state index contributed by atoms with van der Waals surface area (Å²) in [5.74, 6) is -0.731. The van der Waals surface area contributed by atoms with Crippen molar-refractivity contribution >= 4 is 29.1 Å². The second-order valence-corrected chi connectivity index (χ2v) is 5.38. The van der Waals surface area contributed by atoms with E-state index in [9.17, 15) is 19.3 Å². The summed E-state index contributed by atoms with van der Waals surface area (Å²) in [6.07, 6.45) is 2.39. The summed E-state index contributed by atoms with van der Waals surface area (Å²) in [6, 6.07) is 1.95. The highest BCUT2D eigenvalue weighted by molar-refractivity contribution is 7.12. The second kappa shape index (κ2) is 6.96. The van der Waals surface area contributed by atoms with Crippen LogP contribution in [-0.2, 0) is 4.79 Å². The number of carbonyl (C=O) groups is 1. The Morgan fingerprint density at radius 3 is 2.91 bits per heavy atom. The van der Waals surface area contributed by atoms with Gasteiger partial charge in [0.15, 0.2) is 5.13 Å². The van der Waals surface area contributed by atoms with Crippen LogP contribution in [-0.4, -0.2) is 33.9 Å². The molecule has 1 amide bonds. The SMILES string of the molecule is COc1nn(C(C)C(=O)NN=Cc2ccc(F)s2)cc1[N+](=O)[O-]. The first-order valence-electron chi connectivity index (χ1n) is 6.28. The molecule has 2 rings (SSSR count). The van der Waals surface area contributed by atoms with Gasteiger partial charge < -0.3 is 4.74 Å². The average Bonchev–Trinajstić information content (AvgIpc) is 3.12. The van der Waals surface area contributed by atoms with Gasteiger partial charge in [-0.1, -0.05) is 0 Å². The molecule has 0 aromatic carbocycles. The Kier molecular flexibility index (Phi) is 5.01. The monoisotopic (exact) mass is 341 g/mol. The zero-order valence-electron chi connectivity index (χ0n) is 12.1. The molecular weight excluding hydrogens is 329 g/mol. The molecule has 0 spiro atoms. The minimum atomic E-state index is -0.852. The molecule has 2 aromatic heterocycles. The number of nitro groups is 1. The Bertz CT molecular complexity index is 756. The van der Waals surface area contributed by atoms with Crippen LogP contribution < -0.4 is 10.2 Å². The molecule has 2 heterocycles. The largest absolute Gasteiger partial charge is 0.475 e. The number of hydrogen-bond acceptors (Lipinski definition) is 7. The first-order valence-corrected chi connectivity index (χ1v) is 7.09. The highest BCUT2D eigenvalue weighted by atomic mass is 32.1. The topological polar surface area (TPSA) is 112 Å². The second-order valence-electron chi connectivity index (χ2n) is 4.31. The van der Waals surface area contributed by atoms with Crippen molar-refractivity contribution in [3.63, 3.8) is 0 Å². The molecule has 11 heteroatoms. The summed E-state index contributed by atoms with van der Waals surface area (Å²) < 4.78 is 18.7. The van der Waals surface area contributed by atoms with Crippen molar-refractivity contribution in [3.05, 3.63) is 38.5 Å². The summed E-state index contributed by atoms with van der Waals surface area (Å²) in [5, 5.41) is 18.0. The number of methoxy groups -OCH3 is 1. The maximum Gasteiger partial charge on any atom is 0.350 e. The van der Waals surface area contributed by atoms with Crippen molar-refractivity contribution in [2.45, 2.75) is 13.0 Å². The maximum absolute atomic E-state index is 12.8. The predicted molar refractivity (Wildman–Crippen MR) is 80.2 cm³/mol. The first kappa shape index (κ1) is 16.5. The highest BCUT2D eigenvalue weighted by Crippen LogP contribution is 2.25. The average molecular weight is 341 g/mol. The van der Waals surface area contributed by atoms with Gasteiger partial charge in [0.05, 0.1) is 23.1 Å². The van der Waals surface area contributed by atoms with E-state index in [-0.39, 0.29) is 16.7 Å². The van der Waals surface area contributed by atoms with Gasteiger partial charge in [0.1, 0.15) is 12.2 Å². The number of rotatable bonds is 6. The Balaban J connectivity index is 2.04. The zero-order chi connectivity index (χ0) is 17.0. The van der Waals surface area contributed by atoms with Gasteiger partial charge in [-0.3, -0.25) is 14.9 Å². The third kappa shape index (κ3) is 3.88. The molecule has 23 heavy (non-hydrogen) atoms. The number of hydrazone groups is 1. The van der Waals surface area contributed by atoms with Crippen LogP contribution in [0.1, 0.15) is 17.8 Å². The van der Waals surface area contributed by atoms with Crippen LogP contribution in [0.4, 0.5) is 10.1 Å². The molecule has 0 saturated carbocycles. The molecule has 0 radical (unpaired) electrons. The minimum absolute atomic E-state index is 0.188. The number of ether oxygens (including phenoxy) is 1. The van der Waals surface area contributed by atoms with Crippen molar-refractivity contribution in [1.29, 1.82) is 0 Å². The number of halogens is 1. The van der Waals surface area contributed by atoms with Gasteiger partial charge in [-0.25, -0.2) is 10.1 Å². The van der Waals surface area contributed by atoms with E-state index in [0.717, 1.165) is 22.2 Å². The van der Waals surface area contributed by atoms with Crippen molar-refractivity contribution in [2.75, 3.05) is 7.11 Å². The lowest BCUT2D eigenvalue weighted by Gasteiger charge is -2.08. The van der Waals surface area contributed by atoms with Gasteiger partial charge in [0.25, 0.3) is 5.91 Å². The van der Waals surface area contributed by atoms with E-state index < -0.39 is 16.9 Å². The lowest BCUT2D eigenvalue weighted by atomic mass is 10.3. The molecular formula is C12H12FN5O4S. The molecule has 1 atom stereocenters. The molecule has 2 aromatic rings. The Morgan fingerprint density at radius 1 is 1.65 bits per heavy atom. The van der Waals surface area contributed by atoms with Crippen LogP contribution in [0.2, 0.25) is 0 Å². The summed E-state index contributed by atoms with van der Waals surface area (Å²) in [7, 11) is 1.24. The molecule has 1 unspecified atom stereocenters. The van der Waals surface area contributed by atoms with Crippen molar-refractivity contribution in [2.24, 2.45) is 5.10 Å². The fourth-order valence-electron chi connectivity index (χ4n) is 1.61. The number of carbonyl (C=O) groups excluding carboxylic acids is 1. The van der Waals surface area contributed by atoms with Crippen molar-refractivity contribution in [1.82, 2.24) is 15.2 Å². The Hall–Kier alpha value is -2.82. The molecule has 0 aliphatic heterocycles. The van der Waals surface area contributed by atoms with E-state index in [0.29, 0.717) is 4.88 Å². The minimum Gasteiger partial charge on any atom is -0.475 e. The van der Waals surface area contributed by atoms with Gasteiger partial charge in [0.2, 0.25) is 0 Å². The fourth-order valence-corrected chi connectivity index (χ4v) is 2.21. The number of thiophene rings is 1. The fraction of sp³-hybridized carbons (Fsp3) is 0.250. The van der Waals surface area contributed by atoms with E-state index >= 15 is 0 Å². The first-order chi connectivity index (χ1) is 10.9. The summed E-state index contributed by atoms with van der Waals surface area (Å²) >= 11 is 0.879. The standard InChI is InChI=1S/C12H12FN5O4S/c1-7(17-6-9(18(20)21)12(16-17)22-2)11(19)15-14-5-8-3-4-10(13)23-8/h3-7H,1-2H3,(H,15,19). The molecule has 9 nitrogen and oxygen atoms in total. The molecule has 0 saturated heterocycles. The third-order valence-electron chi connectivity index (χ3n) is 2.81. The molecule has 122 valence electrons. The van der Waals surface area contributed by atoms with Crippen LogP contribution >= 0.6 is 11.3 Å². The van der Waals surface area contributed by atoms with Crippen molar-refractivity contribution < 1.29 is 18.8 Å². The van der Waals surface area contributed by atoms with E-state index in [2.05, 4.69) is 15.6 Å². The molecule has 0 aliphatic carbocycles. The van der Waals surface area contributed by atoms with Crippen LogP contribution in [0.5, 0.6) is 5.88 Å². The van der Waals surface area contributed by atoms with E-state index in [1.54, 1.807) is 0 Å². The van der Waals surface area contributed by atoms with Crippen molar-refractivity contribution in [3.8, 4) is 5.88 Å². The number of nitrogens with one attached hydrogen (secondary N) is 1. The quantitative estimate of drug-likeness (QED) is 0.488. The lowest BCUT2D eigenvalue weighted by molar-refractivity contribution is -0.385. The molecule has 1 N–H and O–H groups in total. The molecule has 0 bridgehead atoms. The van der Waals surface area contributed by atoms with Crippen LogP contribution in [0.15, 0.2) is 23.4 Å². The normalized spacial score (nSPS) is 12.3. The summed E-state index contributed by atoms with van der Waals surface area (Å²) in [4.78, 5) is 22.7. The number of hydrogen-bond donors (Lipinski definition) is 1. The smallest absolute Gasteiger partial charge is 0.350 e. The van der Waals surface area contributed by atoms with Crippen LogP contribution in [0.3, 0.4) is 0 Å². The number of amides is 1. The zero-order valence-corrected chi connectivity index (χ0v) is 12.9. The van der Waals surface area contributed by atoms with Gasteiger partial charge in [-0.15, -0.1) is 16.4 Å². The third-order valence-corrected chi connectivity index (χ3v) is 3.62. The van der Waals surface area contributed by atoms with E-state index in [4.69, 9.17) is 4.74 Å². The van der Waals surface area contributed by atoms with E-state index in [1.165, 1.54) is 32.4 Å². The molecule has 0 fully saturated rings. The van der Waals surface area contributed by atoms with Gasteiger partial charge in [0, 0.05) is 0 Å². The van der Waals surface area contributed by atoms with Gasteiger partial charge >= 0.3 is 11.6 Å². The van der Waals surface area contributed by atoms with E-state index in [1.807, 2.05) is 0 Å². The Labute approximate surface area is 133 Å². The predicted octanol–water partition coefficient (Wildman–Crippen LogP) is 1.71. The van der Waals surface area contributed by atoms with Gasteiger partial charge in [-0.2, -0.15) is 9.49 Å².